The molecule has 148 valence electrons. The molecule has 2 N–H and O–H groups in total. The van der Waals surface area contributed by atoms with Crippen molar-refractivity contribution in [1.29, 1.82) is 0 Å². The third-order valence-corrected chi connectivity index (χ3v) is 5.56. The monoisotopic (exact) mass is 380 g/mol. The van der Waals surface area contributed by atoms with E-state index in [-0.39, 0.29) is 5.91 Å². The van der Waals surface area contributed by atoms with Crippen molar-refractivity contribution in [3.05, 3.63) is 54.4 Å². The molecule has 1 atom stereocenters. The Morgan fingerprint density at radius 3 is 2.71 bits per heavy atom. The van der Waals surface area contributed by atoms with E-state index in [4.69, 9.17) is 4.74 Å². The van der Waals surface area contributed by atoms with E-state index in [9.17, 15) is 4.79 Å². The zero-order valence-electron chi connectivity index (χ0n) is 16.1. The number of amides is 1. The molecular formula is C22H28N4O2. The fourth-order valence-electron chi connectivity index (χ4n) is 3.93. The standard InChI is InChI=1S/C22H28N4O2/c27-22(17-6-10-23-11-7-17)25-19-3-1-4-20(15-19)26-12-8-18(9-13-26)24-16-21-5-2-14-28-21/h1,3-4,6-7,10-11,15,18,21,24H,2,5,8-9,12-14,16H2,(H,25,27). The van der Waals surface area contributed by atoms with Crippen LogP contribution in [0.25, 0.3) is 0 Å². The molecule has 1 amide bonds. The highest BCUT2D eigenvalue weighted by atomic mass is 16.5. The average molecular weight is 380 g/mol. The molecule has 2 fully saturated rings. The van der Waals surface area contributed by atoms with Gasteiger partial charge in [0.1, 0.15) is 0 Å². The maximum absolute atomic E-state index is 12.4. The summed E-state index contributed by atoms with van der Waals surface area (Å²) in [5.41, 5.74) is 2.58. The van der Waals surface area contributed by atoms with Gasteiger partial charge in [0, 0.05) is 61.6 Å². The molecule has 0 bridgehead atoms. The van der Waals surface area contributed by atoms with Gasteiger partial charge < -0.3 is 20.3 Å². The number of ether oxygens (including phenoxy) is 1. The van der Waals surface area contributed by atoms with Crippen molar-refractivity contribution in [1.82, 2.24) is 10.3 Å². The number of carbonyl (C=O) groups excluding carboxylic acids is 1. The number of benzene rings is 1. The van der Waals surface area contributed by atoms with Gasteiger partial charge in [0.2, 0.25) is 0 Å². The Bertz CT molecular complexity index is 769. The van der Waals surface area contributed by atoms with Crippen LogP contribution in [0, 0.1) is 0 Å². The number of hydrogen-bond donors (Lipinski definition) is 2. The zero-order chi connectivity index (χ0) is 19.2. The molecule has 1 aromatic heterocycles. The van der Waals surface area contributed by atoms with Gasteiger partial charge in [-0.25, -0.2) is 0 Å². The number of rotatable bonds is 6. The quantitative estimate of drug-likeness (QED) is 0.806. The number of pyridine rings is 1. The summed E-state index contributed by atoms with van der Waals surface area (Å²) in [4.78, 5) is 18.7. The van der Waals surface area contributed by atoms with Crippen molar-refractivity contribution in [2.45, 2.75) is 37.8 Å². The van der Waals surface area contributed by atoms with E-state index in [0.717, 1.165) is 50.5 Å². The van der Waals surface area contributed by atoms with Crippen molar-refractivity contribution >= 4 is 17.3 Å². The van der Waals surface area contributed by atoms with Gasteiger partial charge in [-0.15, -0.1) is 0 Å². The number of anilines is 2. The third kappa shape index (κ3) is 4.88. The van der Waals surface area contributed by atoms with Gasteiger partial charge in [0.15, 0.2) is 0 Å². The van der Waals surface area contributed by atoms with E-state index >= 15 is 0 Å². The minimum absolute atomic E-state index is 0.114. The van der Waals surface area contributed by atoms with E-state index in [1.165, 1.54) is 12.8 Å². The molecule has 0 radical (unpaired) electrons. The molecule has 6 nitrogen and oxygen atoms in total. The summed E-state index contributed by atoms with van der Waals surface area (Å²) < 4.78 is 5.70. The van der Waals surface area contributed by atoms with Gasteiger partial charge in [0.05, 0.1) is 6.10 Å². The van der Waals surface area contributed by atoms with Crippen LogP contribution in [-0.4, -0.2) is 49.3 Å². The lowest BCUT2D eigenvalue weighted by atomic mass is 10.0. The second kappa shape index (κ2) is 9.17. The maximum atomic E-state index is 12.4. The first kappa shape index (κ1) is 18.9. The fourth-order valence-corrected chi connectivity index (χ4v) is 3.93. The van der Waals surface area contributed by atoms with Crippen molar-refractivity contribution in [3.63, 3.8) is 0 Å². The molecule has 1 aromatic carbocycles. The molecule has 2 aliphatic rings. The van der Waals surface area contributed by atoms with Gasteiger partial charge in [-0.2, -0.15) is 0 Å². The summed E-state index contributed by atoms with van der Waals surface area (Å²) in [6, 6.07) is 12.1. The Morgan fingerprint density at radius 1 is 1.14 bits per heavy atom. The van der Waals surface area contributed by atoms with Crippen LogP contribution in [0.3, 0.4) is 0 Å². The highest BCUT2D eigenvalue weighted by Gasteiger charge is 2.22. The molecule has 4 rings (SSSR count). The number of piperidine rings is 1. The molecule has 28 heavy (non-hydrogen) atoms. The third-order valence-electron chi connectivity index (χ3n) is 5.56. The molecule has 2 aliphatic heterocycles. The van der Waals surface area contributed by atoms with Crippen LogP contribution >= 0.6 is 0 Å². The highest BCUT2D eigenvalue weighted by Crippen LogP contribution is 2.24. The van der Waals surface area contributed by atoms with Crippen LogP contribution in [0.1, 0.15) is 36.0 Å². The van der Waals surface area contributed by atoms with Crippen molar-refractivity contribution in [3.8, 4) is 0 Å². The average Bonchev–Trinajstić information content (AvgIpc) is 3.27. The Labute approximate surface area is 166 Å². The second-order valence-electron chi connectivity index (χ2n) is 7.54. The van der Waals surface area contributed by atoms with Gasteiger partial charge in [0.25, 0.3) is 5.91 Å². The van der Waals surface area contributed by atoms with Gasteiger partial charge in [-0.3, -0.25) is 9.78 Å². The summed E-state index contributed by atoms with van der Waals surface area (Å²) in [6.07, 6.45) is 8.28. The van der Waals surface area contributed by atoms with Crippen molar-refractivity contribution in [2.75, 3.05) is 36.5 Å². The molecule has 0 saturated carbocycles. The number of nitrogens with one attached hydrogen (secondary N) is 2. The minimum Gasteiger partial charge on any atom is -0.377 e. The summed E-state index contributed by atoms with van der Waals surface area (Å²) in [7, 11) is 0. The number of carbonyl (C=O) groups is 1. The number of hydrogen-bond acceptors (Lipinski definition) is 5. The Morgan fingerprint density at radius 2 is 1.96 bits per heavy atom. The van der Waals surface area contributed by atoms with E-state index in [1.807, 2.05) is 12.1 Å². The Kier molecular flexibility index (Phi) is 6.19. The van der Waals surface area contributed by atoms with Crippen LogP contribution in [0.4, 0.5) is 11.4 Å². The van der Waals surface area contributed by atoms with Crippen molar-refractivity contribution in [2.24, 2.45) is 0 Å². The molecule has 6 heteroatoms. The normalized spacial score (nSPS) is 20.3. The summed E-state index contributed by atoms with van der Waals surface area (Å²) >= 11 is 0. The molecule has 0 aliphatic carbocycles. The van der Waals surface area contributed by atoms with E-state index in [1.54, 1.807) is 24.5 Å². The lowest BCUT2D eigenvalue weighted by Gasteiger charge is -2.34. The van der Waals surface area contributed by atoms with E-state index in [0.29, 0.717) is 17.7 Å². The van der Waals surface area contributed by atoms with Crippen LogP contribution < -0.4 is 15.5 Å². The molecule has 1 unspecified atom stereocenters. The predicted octanol–water partition coefficient (Wildman–Crippen LogP) is 3.07. The zero-order valence-corrected chi connectivity index (χ0v) is 16.1. The van der Waals surface area contributed by atoms with Crippen molar-refractivity contribution < 1.29 is 9.53 Å². The van der Waals surface area contributed by atoms with Gasteiger partial charge in [-0.1, -0.05) is 6.07 Å². The predicted molar refractivity (Wildman–Crippen MR) is 111 cm³/mol. The first-order chi connectivity index (χ1) is 13.8. The summed E-state index contributed by atoms with van der Waals surface area (Å²) in [5, 5.41) is 6.66. The van der Waals surface area contributed by atoms with Crippen LogP contribution in [-0.2, 0) is 4.74 Å². The molecular weight excluding hydrogens is 352 g/mol. The van der Waals surface area contributed by atoms with E-state index in [2.05, 4.69) is 32.7 Å². The molecule has 2 aromatic rings. The van der Waals surface area contributed by atoms with E-state index < -0.39 is 0 Å². The SMILES string of the molecule is O=C(Nc1cccc(N2CCC(NCC3CCCO3)CC2)c1)c1ccncc1. The lowest BCUT2D eigenvalue weighted by Crippen LogP contribution is -2.44. The largest absolute Gasteiger partial charge is 0.377 e. The summed E-state index contributed by atoms with van der Waals surface area (Å²) in [6.45, 7) is 3.93. The molecule has 2 saturated heterocycles. The Hall–Kier alpha value is -2.44. The summed E-state index contributed by atoms with van der Waals surface area (Å²) in [5.74, 6) is -0.114. The first-order valence-electron chi connectivity index (χ1n) is 10.2. The van der Waals surface area contributed by atoms with Gasteiger partial charge in [-0.05, 0) is 56.0 Å². The Balaban J connectivity index is 1.29. The topological polar surface area (TPSA) is 66.5 Å². The van der Waals surface area contributed by atoms with Crippen LogP contribution in [0.5, 0.6) is 0 Å². The van der Waals surface area contributed by atoms with Crippen LogP contribution in [0.2, 0.25) is 0 Å². The van der Waals surface area contributed by atoms with Gasteiger partial charge >= 0.3 is 0 Å². The molecule has 0 spiro atoms. The maximum Gasteiger partial charge on any atom is 0.255 e. The number of nitrogens with zero attached hydrogens (tertiary/aromatic N) is 2. The minimum atomic E-state index is -0.114. The first-order valence-corrected chi connectivity index (χ1v) is 10.2. The smallest absolute Gasteiger partial charge is 0.255 e. The molecule has 3 heterocycles. The number of aromatic nitrogens is 1. The van der Waals surface area contributed by atoms with Crippen LogP contribution in [0.15, 0.2) is 48.8 Å². The fraction of sp³-hybridized carbons (Fsp3) is 0.455. The highest BCUT2D eigenvalue weighted by molar-refractivity contribution is 6.04. The lowest BCUT2D eigenvalue weighted by molar-refractivity contribution is 0.102. The second-order valence-corrected chi connectivity index (χ2v) is 7.54.